The van der Waals surface area contributed by atoms with Crippen molar-refractivity contribution >= 4 is 29.3 Å². The fraction of sp³-hybridized carbons (Fsp3) is 0.588. The van der Waals surface area contributed by atoms with Crippen molar-refractivity contribution in [3.05, 3.63) is 29.8 Å². The Morgan fingerprint density at radius 3 is 2.67 bits per heavy atom. The second kappa shape index (κ2) is 6.76. The molecule has 3 rings (SSSR count). The lowest BCUT2D eigenvalue weighted by atomic mass is 9.88. The van der Waals surface area contributed by atoms with Crippen LogP contribution in [0.5, 0.6) is 0 Å². The molecule has 2 nitrogen and oxygen atoms in total. The largest absolute Gasteiger partial charge is 0.375 e. The summed E-state index contributed by atoms with van der Waals surface area (Å²) in [7, 11) is 0. The number of hydrogen-bond donors (Lipinski definition) is 0. The zero-order chi connectivity index (χ0) is 14.7. The van der Waals surface area contributed by atoms with Crippen LogP contribution in [-0.4, -0.2) is 34.7 Å². The van der Waals surface area contributed by atoms with Crippen molar-refractivity contribution in [2.45, 2.75) is 48.4 Å². The molecule has 0 N–H and O–H groups in total. The summed E-state index contributed by atoms with van der Waals surface area (Å²) in [4.78, 5) is 12.6. The number of hydrogen-bond acceptors (Lipinski definition) is 4. The van der Waals surface area contributed by atoms with Gasteiger partial charge in [-0.25, -0.2) is 0 Å². The molecule has 0 aliphatic carbocycles. The van der Waals surface area contributed by atoms with E-state index in [1.54, 1.807) is 6.92 Å². The average molecular weight is 322 g/mol. The van der Waals surface area contributed by atoms with Crippen LogP contribution < -0.4 is 0 Å². The lowest BCUT2D eigenvalue weighted by Gasteiger charge is -2.43. The summed E-state index contributed by atoms with van der Waals surface area (Å²) >= 11 is 4.01. The zero-order valence-electron chi connectivity index (χ0n) is 12.5. The van der Waals surface area contributed by atoms with Crippen LogP contribution >= 0.6 is 23.5 Å². The Morgan fingerprint density at radius 2 is 2.00 bits per heavy atom. The van der Waals surface area contributed by atoms with Crippen molar-refractivity contribution in [1.29, 1.82) is 0 Å². The quantitative estimate of drug-likeness (QED) is 0.769. The normalized spacial score (nSPS) is 24.9. The summed E-state index contributed by atoms with van der Waals surface area (Å²) < 4.78 is 6.15. The highest BCUT2D eigenvalue weighted by Crippen LogP contribution is 2.42. The topological polar surface area (TPSA) is 26.3 Å². The minimum Gasteiger partial charge on any atom is -0.375 e. The molecule has 0 radical (unpaired) electrons. The van der Waals surface area contributed by atoms with E-state index in [4.69, 9.17) is 4.74 Å². The first-order valence-electron chi connectivity index (χ1n) is 7.66. The van der Waals surface area contributed by atoms with E-state index in [2.05, 4.69) is 23.9 Å². The number of carbonyl (C=O) groups excluding carboxylic acids is 1. The molecule has 21 heavy (non-hydrogen) atoms. The Morgan fingerprint density at radius 1 is 1.29 bits per heavy atom. The molecule has 0 amide bonds. The number of ether oxygens (including phenoxy) is 1. The van der Waals surface area contributed by atoms with E-state index in [0.29, 0.717) is 5.25 Å². The molecule has 2 saturated heterocycles. The summed E-state index contributed by atoms with van der Waals surface area (Å²) in [5.41, 5.74) is 0.952. The first-order valence-corrected chi connectivity index (χ1v) is 9.70. The van der Waals surface area contributed by atoms with Crippen molar-refractivity contribution in [3.8, 4) is 0 Å². The van der Waals surface area contributed by atoms with Gasteiger partial charge in [0.1, 0.15) is 0 Å². The third kappa shape index (κ3) is 3.85. The fourth-order valence-corrected chi connectivity index (χ4v) is 5.65. The van der Waals surface area contributed by atoms with Crippen LogP contribution in [0, 0.1) is 0 Å². The summed E-state index contributed by atoms with van der Waals surface area (Å²) in [6, 6.07) is 8.05. The van der Waals surface area contributed by atoms with E-state index in [1.165, 1.54) is 35.7 Å². The maximum atomic E-state index is 11.3. The van der Waals surface area contributed by atoms with Crippen molar-refractivity contribution in [1.82, 2.24) is 0 Å². The van der Waals surface area contributed by atoms with Crippen molar-refractivity contribution in [2.75, 3.05) is 18.1 Å². The molecule has 0 saturated carbocycles. The van der Waals surface area contributed by atoms with Gasteiger partial charge in [-0.3, -0.25) is 4.79 Å². The summed E-state index contributed by atoms with van der Waals surface area (Å²) in [6.07, 6.45) is 4.72. The van der Waals surface area contributed by atoms with E-state index < -0.39 is 0 Å². The molecule has 1 unspecified atom stereocenters. The van der Waals surface area contributed by atoms with Crippen LogP contribution in [-0.2, 0) is 4.74 Å². The van der Waals surface area contributed by atoms with Crippen LogP contribution in [0.25, 0.3) is 0 Å². The SMILES string of the molecule is CC(=O)c1ccc(SC2CCOC3(CCSCC3)C2)cc1. The van der Waals surface area contributed by atoms with Gasteiger partial charge in [-0.2, -0.15) is 11.8 Å². The van der Waals surface area contributed by atoms with Gasteiger partial charge >= 0.3 is 0 Å². The van der Waals surface area contributed by atoms with E-state index in [-0.39, 0.29) is 11.4 Å². The molecular formula is C17H22O2S2. The number of benzene rings is 1. The second-order valence-corrected chi connectivity index (χ2v) is 8.56. The van der Waals surface area contributed by atoms with Gasteiger partial charge in [0.15, 0.2) is 5.78 Å². The third-order valence-electron chi connectivity index (χ3n) is 4.42. The predicted octanol–water partition coefficient (Wildman–Crippen LogP) is 4.43. The van der Waals surface area contributed by atoms with E-state index in [0.717, 1.165) is 18.6 Å². The van der Waals surface area contributed by atoms with Gasteiger partial charge in [-0.05, 0) is 56.2 Å². The molecule has 1 atom stereocenters. The Bertz CT molecular complexity index is 487. The van der Waals surface area contributed by atoms with E-state index in [1.807, 2.05) is 23.9 Å². The van der Waals surface area contributed by atoms with Gasteiger partial charge in [0.2, 0.25) is 0 Å². The predicted molar refractivity (Wildman–Crippen MR) is 90.6 cm³/mol. The standard InChI is InChI=1S/C17H22O2S2/c1-13(18)14-2-4-15(5-3-14)21-16-6-9-19-17(12-16)7-10-20-11-8-17/h2-5,16H,6-12H2,1H3. The molecule has 2 aliphatic heterocycles. The van der Waals surface area contributed by atoms with Gasteiger partial charge in [0, 0.05) is 22.3 Å². The summed E-state index contributed by atoms with van der Waals surface area (Å²) in [5, 5.41) is 0.644. The molecule has 0 aromatic heterocycles. The number of thioether (sulfide) groups is 2. The number of Topliss-reactive ketones (excluding diaryl/α,β-unsaturated/α-hetero) is 1. The zero-order valence-corrected chi connectivity index (χ0v) is 14.1. The monoisotopic (exact) mass is 322 g/mol. The summed E-state index contributed by atoms with van der Waals surface area (Å²) in [5.74, 6) is 2.62. The Labute approximate surface area is 135 Å². The first kappa shape index (κ1) is 15.4. The number of ketones is 1. The van der Waals surface area contributed by atoms with Crippen LogP contribution in [0.4, 0.5) is 0 Å². The maximum absolute atomic E-state index is 11.3. The first-order chi connectivity index (χ1) is 10.2. The van der Waals surface area contributed by atoms with Gasteiger partial charge in [0.05, 0.1) is 5.60 Å². The molecule has 114 valence electrons. The van der Waals surface area contributed by atoms with Gasteiger partial charge in [0.25, 0.3) is 0 Å². The Kier molecular flexibility index (Phi) is 4.97. The van der Waals surface area contributed by atoms with Crippen molar-refractivity contribution < 1.29 is 9.53 Å². The van der Waals surface area contributed by atoms with Crippen LogP contribution in [0.3, 0.4) is 0 Å². The van der Waals surface area contributed by atoms with E-state index in [9.17, 15) is 4.79 Å². The summed E-state index contributed by atoms with van der Waals surface area (Å²) in [6.45, 7) is 2.51. The van der Waals surface area contributed by atoms with Crippen LogP contribution in [0.2, 0.25) is 0 Å². The highest BCUT2D eigenvalue weighted by atomic mass is 32.2. The second-order valence-electron chi connectivity index (χ2n) is 5.96. The van der Waals surface area contributed by atoms with Gasteiger partial charge in [-0.15, -0.1) is 11.8 Å². The highest BCUT2D eigenvalue weighted by Gasteiger charge is 2.38. The molecule has 2 aliphatic rings. The smallest absolute Gasteiger partial charge is 0.159 e. The van der Waals surface area contributed by atoms with Crippen LogP contribution in [0.15, 0.2) is 29.2 Å². The van der Waals surface area contributed by atoms with Crippen molar-refractivity contribution in [3.63, 3.8) is 0 Å². The lowest BCUT2D eigenvalue weighted by Crippen LogP contribution is -2.43. The minimum absolute atomic E-state index is 0.135. The Hall–Kier alpha value is -0.450. The van der Waals surface area contributed by atoms with Crippen molar-refractivity contribution in [2.24, 2.45) is 0 Å². The molecule has 1 aromatic rings. The third-order valence-corrected chi connectivity index (χ3v) is 6.68. The van der Waals surface area contributed by atoms with Crippen LogP contribution in [0.1, 0.15) is 43.0 Å². The molecule has 4 heteroatoms. The number of rotatable bonds is 3. The minimum atomic E-state index is 0.135. The lowest BCUT2D eigenvalue weighted by molar-refractivity contribution is -0.0804. The highest BCUT2D eigenvalue weighted by molar-refractivity contribution is 8.00. The molecular weight excluding hydrogens is 300 g/mol. The van der Waals surface area contributed by atoms with E-state index >= 15 is 0 Å². The molecule has 2 heterocycles. The molecule has 1 aromatic carbocycles. The number of carbonyl (C=O) groups is 1. The fourth-order valence-electron chi connectivity index (χ4n) is 3.14. The van der Waals surface area contributed by atoms with Gasteiger partial charge < -0.3 is 4.74 Å². The maximum Gasteiger partial charge on any atom is 0.159 e. The molecule has 2 fully saturated rings. The average Bonchev–Trinajstić information content (AvgIpc) is 2.49. The molecule has 0 bridgehead atoms. The Balaban J connectivity index is 1.62. The van der Waals surface area contributed by atoms with Gasteiger partial charge in [-0.1, -0.05) is 12.1 Å². The molecule has 1 spiro atoms.